The minimum atomic E-state index is 0.179. The van der Waals surface area contributed by atoms with Crippen LogP contribution in [0.5, 0.6) is 0 Å². The van der Waals surface area contributed by atoms with Gasteiger partial charge in [-0.2, -0.15) is 11.3 Å². The highest BCUT2D eigenvalue weighted by Gasteiger charge is 2.28. The van der Waals surface area contributed by atoms with Crippen LogP contribution in [0.1, 0.15) is 30.7 Å². The van der Waals surface area contributed by atoms with Gasteiger partial charge in [-0.15, -0.1) is 10.2 Å². The number of likely N-dealkylation sites (tertiary alicyclic amines) is 1. The van der Waals surface area contributed by atoms with Gasteiger partial charge in [-0.3, -0.25) is 4.79 Å². The maximum Gasteiger partial charge on any atom is 0.248 e. The van der Waals surface area contributed by atoms with E-state index in [1.165, 1.54) is 5.56 Å². The number of aromatic nitrogens is 2. The molecule has 134 valence electrons. The third kappa shape index (κ3) is 3.85. The summed E-state index contributed by atoms with van der Waals surface area (Å²) in [5, 5.41) is 12.1. The Hall–Kier alpha value is -2.47. The lowest BCUT2D eigenvalue weighted by Gasteiger charge is -2.24. The van der Waals surface area contributed by atoms with E-state index >= 15 is 0 Å². The van der Waals surface area contributed by atoms with Gasteiger partial charge in [-0.1, -0.05) is 30.3 Å². The summed E-state index contributed by atoms with van der Waals surface area (Å²) in [6, 6.07) is 12.6. The lowest BCUT2D eigenvalue weighted by Crippen LogP contribution is -2.36. The Kier molecular flexibility index (Phi) is 5.11. The number of thiophene rings is 1. The Morgan fingerprint density at radius 3 is 2.92 bits per heavy atom. The van der Waals surface area contributed by atoms with E-state index in [0.717, 1.165) is 31.4 Å². The first kappa shape index (κ1) is 17.0. The molecular weight excluding hydrogens is 346 g/mol. The van der Waals surface area contributed by atoms with Gasteiger partial charge < -0.3 is 9.32 Å². The first-order chi connectivity index (χ1) is 12.8. The summed E-state index contributed by atoms with van der Waals surface area (Å²) in [6.45, 7) is 0.848. The van der Waals surface area contributed by atoms with Crippen molar-refractivity contribution < 1.29 is 9.21 Å². The second-order valence-electron chi connectivity index (χ2n) is 6.59. The van der Waals surface area contributed by atoms with Crippen LogP contribution in [0.25, 0.3) is 11.5 Å². The molecule has 1 aliphatic rings. The van der Waals surface area contributed by atoms with Gasteiger partial charge in [-0.05, 0) is 36.3 Å². The first-order valence-electron chi connectivity index (χ1n) is 8.98. The van der Waals surface area contributed by atoms with E-state index in [1.54, 1.807) is 11.3 Å². The Labute approximate surface area is 156 Å². The number of hydrogen-bond donors (Lipinski definition) is 0. The van der Waals surface area contributed by atoms with Crippen LogP contribution in [-0.4, -0.2) is 33.6 Å². The molecule has 1 aliphatic heterocycles. The molecule has 1 atom stereocenters. The van der Waals surface area contributed by atoms with Crippen LogP contribution in [0.2, 0.25) is 0 Å². The maximum atomic E-state index is 12.7. The van der Waals surface area contributed by atoms with Crippen molar-refractivity contribution in [3.63, 3.8) is 0 Å². The fourth-order valence-corrected chi connectivity index (χ4v) is 4.11. The molecule has 0 saturated carbocycles. The first-order valence-corrected chi connectivity index (χ1v) is 9.92. The smallest absolute Gasteiger partial charge is 0.248 e. The van der Waals surface area contributed by atoms with Crippen LogP contribution in [0.3, 0.4) is 0 Å². The molecule has 26 heavy (non-hydrogen) atoms. The number of benzene rings is 1. The second-order valence-corrected chi connectivity index (χ2v) is 7.37. The van der Waals surface area contributed by atoms with E-state index < -0.39 is 0 Å². The average molecular weight is 367 g/mol. The number of carbonyl (C=O) groups is 1. The van der Waals surface area contributed by atoms with Gasteiger partial charge in [0.15, 0.2) is 0 Å². The topological polar surface area (TPSA) is 59.2 Å². The van der Waals surface area contributed by atoms with Gasteiger partial charge in [0.25, 0.3) is 0 Å². The predicted octanol–water partition coefficient (Wildman–Crippen LogP) is 3.96. The van der Waals surface area contributed by atoms with Crippen LogP contribution < -0.4 is 0 Å². The molecule has 6 heteroatoms. The standard InChI is InChI=1S/C20H21N3O2S/c24-19(9-8-18-21-22-20(25-18)16-10-12-26-14-16)23-11-4-7-17(23)13-15-5-2-1-3-6-15/h1-3,5-6,10,12,14,17H,4,7-9,11,13H2. The minimum absolute atomic E-state index is 0.179. The van der Waals surface area contributed by atoms with Crippen molar-refractivity contribution in [3.05, 3.63) is 58.6 Å². The lowest BCUT2D eigenvalue weighted by atomic mass is 10.0. The van der Waals surface area contributed by atoms with E-state index in [2.05, 4.69) is 34.5 Å². The van der Waals surface area contributed by atoms with Crippen molar-refractivity contribution in [1.82, 2.24) is 15.1 Å². The van der Waals surface area contributed by atoms with Crippen LogP contribution in [0.4, 0.5) is 0 Å². The molecule has 5 nitrogen and oxygen atoms in total. The number of nitrogens with zero attached hydrogens (tertiary/aromatic N) is 3. The number of carbonyl (C=O) groups excluding carboxylic acids is 1. The predicted molar refractivity (Wildman–Crippen MR) is 101 cm³/mol. The quantitative estimate of drug-likeness (QED) is 0.661. The van der Waals surface area contributed by atoms with Gasteiger partial charge >= 0.3 is 0 Å². The molecule has 0 spiro atoms. The number of amides is 1. The fraction of sp³-hybridized carbons (Fsp3) is 0.350. The Bertz CT molecular complexity index is 845. The molecule has 3 heterocycles. The van der Waals surface area contributed by atoms with Crippen LogP contribution in [0, 0.1) is 0 Å². The molecule has 1 aromatic carbocycles. The molecule has 0 radical (unpaired) electrons. The Morgan fingerprint density at radius 1 is 1.23 bits per heavy atom. The van der Waals surface area contributed by atoms with E-state index in [-0.39, 0.29) is 5.91 Å². The third-order valence-corrected chi connectivity index (χ3v) is 5.48. The zero-order chi connectivity index (χ0) is 17.8. The van der Waals surface area contributed by atoms with Crippen molar-refractivity contribution in [2.45, 2.75) is 38.1 Å². The monoisotopic (exact) mass is 367 g/mol. The molecule has 0 N–H and O–H groups in total. The Morgan fingerprint density at radius 2 is 2.12 bits per heavy atom. The van der Waals surface area contributed by atoms with E-state index in [9.17, 15) is 4.79 Å². The summed E-state index contributed by atoms with van der Waals surface area (Å²) in [5.41, 5.74) is 2.22. The summed E-state index contributed by atoms with van der Waals surface area (Å²) < 4.78 is 5.68. The minimum Gasteiger partial charge on any atom is -0.421 e. The highest BCUT2D eigenvalue weighted by atomic mass is 32.1. The highest BCUT2D eigenvalue weighted by Crippen LogP contribution is 2.23. The molecule has 1 fully saturated rings. The van der Waals surface area contributed by atoms with Crippen molar-refractivity contribution in [2.24, 2.45) is 0 Å². The summed E-state index contributed by atoms with van der Waals surface area (Å²) in [6.07, 6.45) is 3.98. The molecule has 0 bridgehead atoms. The maximum absolute atomic E-state index is 12.7. The molecule has 3 aromatic rings. The summed E-state index contributed by atoms with van der Waals surface area (Å²) in [5.74, 6) is 1.23. The van der Waals surface area contributed by atoms with Gasteiger partial charge in [0.05, 0.1) is 0 Å². The molecular formula is C20H21N3O2S. The average Bonchev–Trinajstić information content (AvgIpc) is 3.41. The van der Waals surface area contributed by atoms with Crippen molar-refractivity contribution in [2.75, 3.05) is 6.54 Å². The second kappa shape index (κ2) is 7.83. The van der Waals surface area contributed by atoms with Gasteiger partial charge in [-0.25, -0.2) is 0 Å². The van der Waals surface area contributed by atoms with Gasteiger partial charge in [0.2, 0.25) is 17.7 Å². The Balaban J connectivity index is 1.34. The molecule has 4 rings (SSSR count). The number of rotatable bonds is 6. The highest BCUT2D eigenvalue weighted by molar-refractivity contribution is 7.08. The summed E-state index contributed by atoms with van der Waals surface area (Å²) in [7, 11) is 0. The van der Waals surface area contributed by atoms with Gasteiger partial charge in [0, 0.05) is 36.4 Å². The fourth-order valence-electron chi connectivity index (χ4n) is 3.48. The largest absolute Gasteiger partial charge is 0.421 e. The van der Waals surface area contributed by atoms with Crippen molar-refractivity contribution in [3.8, 4) is 11.5 Å². The van der Waals surface area contributed by atoms with Crippen LogP contribution in [-0.2, 0) is 17.6 Å². The zero-order valence-electron chi connectivity index (χ0n) is 14.5. The normalized spacial score (nSPS) is 16.9. The number of hydrogen-bond acceptors (Lipinski definition) is 5. The molecule has 0 aliphatic carbocycles. The number of aryl methyl sites for hydroxylation is 1. The molecule has 1 saturated heterocycles. The molecule has 1 amide bonds. The summed E-state index contributed by atoms with van der Waals surface area (Å²) in [4.78, 5) is 14.7. The molecule has 1 unspecified atom stereocenters. The van der Waals surface area contributed by atoms with Gasteiger partial charge in [0.1, 0.15) is 0 Å². The van der Waals surface area contributed by atoms with Crippen LogP contribution >= 0.6 is 11.3 Å². The van der Waals surface area contributed by atoms with Crippen molar-refractivity contribution in [1.29, 1.82) is 0 Å². The zero-order valence-corrected chi connectivity index (χ0v) is 15.3. The van der Waals surface area contributed by atoms with Crippen LogP contribution in [0.15, 0.2) is 51.6 Å². The van der Waals surface area contributed by atoms with E-state index in [1.807, 2.05) is 27.8 Å². The van der Waals surface area contributed by atoms with E-state index in [4.69, 9.17) is 4.42 Å². The van der Waals surface area contributed by atoms with E-state index in [0.29, 0.717) is 30.7 Å². The SMILES string of the molecule is O=C(CCc1nnc(-c2ccsc2)o1)N1CCCC1Cc1ccccc1. The van der Waals surface area contributed by atoms with Crippen molar-refractivity contribution >= 4 is 17.2 Å². The molecule has 2 aromatic heterocycles. The summed E-state index contributed by atoms with van der Waals surface area (Å²) >= 11 is 1.59. The third-order valence-electron chi connectivity index (χ3n) is 4.80. The lowest BCUT2D eigenvalue weighted by molar-refractivity contribution is -0.132.